The van der Waals surface area contributed by atoms with E-state index >= 15 is 0 Å². The lowest BCUT2D eigenvalue weighted by atomic mass is 10.4. The number of aromatic nitrogens is 1. The van der Waals surface area contributed by atoms with Gasteiger partial charge in [-0.15, -0.1) is 11.3 Å². The molecular weight excluding hydrogens is 317 g/mol. The van der Waals surface area contributed by atoms with Gasteiger partial charge in [-0.05, 0) is 12.1 Å². The first-order valence-electron chi connectivity index (χ1n) is 4.57. The second-order valence-corrected chi connectivity index (χ2v) is 7.19. The number of nitrogens with zero attached hydrogens (tertiary/aromatic N) is 1. The number of nitrogens with one attached hydrogen (secondary N) is 1. The Labute approximate surface area is 118 Å². The molecule has 0 spiro atoms. The van der Waals surface area contributed by atoms with Gasteiger partial charge in [0.2, 0.25) is 0 Å². The molecule has 2 heterocycles. The number of nitrogens with two attached hydrogens (primary N) is 1. The van der Waals surface area contributed by atoms with E-state index in [0.29, 0.717) is 4.34 Å². The first-order valence-corrected chi connectivity index (χ1v) is 7.63. The van der Waals surface area contributed by atoms with Crippen LogP contribution >= 0.6 is 34.5 Å². The minimum absolute atomic E-state index is 0.0737. The van der Waals surface area contributed by atoms with Crippen LogP contribution in [0.5, 0.6) is 0 Å². The summed E-state index contributed by atoms with van der Waals surface area (Å²) in [6, 6.07) is 2.74. The van der Waals surface area contributed by atoms with Crippen LogP contribution in [0.15, 0.2) is 29.4 Å². The first-order chi connectivity index (χ1) is 8.40. The van der Waals surface area contributed by atoms with Crippen molar-refractivity contribution in [3.63, 3.8) is 0 Å². The van der Waals surface area contributed by atoms with Crippen LogP contribution in [-0.2, 0) is 10.0 Å². The van der Waals surface area contributed by atoms with Crippen LogP contribution in [-0.4, -0.2) is 13.4 Å². The Morgan fingerprint density at radius 3 is 2.67 bits per heavy atom. The van der Waals surface area contributed by atoms with Crippen LogP contribution in [0.25, 0.3) is 0 Å². The van der Waals surface area contributed by atoms with Gasteiger partial charge < -0.3 is 5.73 Å². The first kappa shape index (κ1) is 13.4. The maximum absolute atomic E-state index is 12.1. The van der Waals surface area contributed by atoms with Crippen molar-refractivity contribution in [1.82, 2.24) is 4.98 Å². The van der Waals surface area contributed by atoms with E-state index in [1.807, 2.05) is 0 Å². The third-order valence-electron chi connectivity index (χ3n) is 2.01. The second kappa shape index (κ2) is 4.93. The Morgan fingerprint density at radius 1 is 1.39 bits per heavy atom. The van der Waals surface area contributed by atoms with E-state index in [-0.39, 0.29) is 20.6 Å². The Kier molecular flexibility index (Phi) is 3.67. The molecule has 0 fully saturated rings. The predicted molar refractivity (Wildman–Crippen MR) is 73.8 cm³/mol. The van der Waals surface area contributed by atoms with Gasteiger partial charge in [0.05, 0.1) is 21.9 Å². The third-order valence-corrected chi connectivity index (χ3v) is 5.13. The van der Waals surface area contributed by atoms with Gasteiger partial charge >= 0.3 is 0 Å². The van der Waals surface area contributed by atoms with Gasteiger partial charge in [-0.25, -0.2) is 8.42 Å². The number of pyridine rings is 1. The molecule has 5 nitrogen and oxygen atoms in total. The average molecular weight is 324 g/mol. The van der Waals surface area contributed by atoms with Crippen molar-refractivity contribution < 1.29 is 8.42 Å². The van der Waals surface area contributed by atoms with Crippen molar-refractivity contribution in [2.24, 2.45) is 0 Å². The van der Waals surface area contributed by atoms with Gasteiger partial charge in [0, 0.05) is 6.20 Å². The van der Waals surface area contributed by atoms with Gasteiger partial charge in [0.1, 0.15) is 9.23 Å². The molecule has 9 heteroatoms. The largest absolute Gasteiger partial charge is 0.396 e. The molecule has 0 aliphatic rings. The smallest absolute Gasteiger partial charge is 0.264 e. The van der Waals surface area contributed by atoms with Gasteiger partial charge in [0.15, 0.2) is 0 Å². The summed E-state index contributed by atoms with van der Waals surface area (Å²) in [5.41, 5.74) is 6.06. The molecule has 0 aromatic carbocycles. The number of nitrogen functional groups attached to an aromatic ring is 1. The van der Waals surface area contributed by atoms with Gasteiger partial charge in [-0.1, -0.05) is 23.2 Å². The molecule has 0 atom stereocenters. The molecule has 0 aliphatic carbocycles. The fourth-order valence-electron chi connectivity index (χ4n) is 1.21. The molecule has 0 saturated carbocycles. The van der Waals surface area contributed by atoms with Crippen LogP contribution in [0.4, 0.5) is 11.4 Å². The second-order valence-electron chi connectivity index (χ2n) is 3.26. The molecule has 0 amide bonds. The Balaban J connectivity index is 2.40. The quantitative estimate of drug-likeness (QED) is 0.909. The van der Waals surface area contributed by atoms with Crippen LogP contribution in [0.1, 0.15) is 0 Å². The van der Waals surface area contributed by atoms with Crippen molar-refractivity contribution in [3.8, 4) is 0 Å². The summed E-state index contributed by atoms with van der Waals surface area (Å²) < 4.78 is 26.8. The summed E-state index contributed by atoms with van der Waals surface area (Å²) in [5, 5.41) is 0. The van der Waals surface area contributed by atoms with Gasteiger partial charge in [-0.3, -0.25) is 9.71 Å². The predicted octanol–water partition coefficient (Wildman–Crippen LogP) is 2.83. The van der Waals surface area contributed by atoms with Crippen molar-refractivity contribution in [2.45, 2.75) is 4.90 Å². The zero-order valence-electron chi connectivity index (χ0n) is 8.72. The molecule has 3 N–H and O–H groups in total. The number of hydrogen-bond donors (Lipinski definition) is 2. The van der Waals surface area contributed by atoms with E-state index < -0.39 is 10.0 Å². The molecule has 96 valence electrons. The third kappa shape index (κ3) is 2.69. The minimum Gasteiger partial charge on any atom is -0.396 e. The lowest BCUT2D eigenvalue weighted by Gasteiger charge is -2.08. The molecule has 2 aromatic rings. The SMILES string of the molecule is Nc1cnccc1NS(=O)(=O)c1cc(Cl)sc1Cl. The number of halogens is 2. The molecule has 2 rings (SSSR count). The molecular formula is C9H7Cl2N3O2S2. The summed E-state index contributed by atoms with van der Waals surface area (Å²) in [6.07, 6.45) is 2.77. The average Bonchev–Trinajstić information content (AvgIpc) is 2.62. The molecule has 18 heavy (non-hydrogen) atoms. The highest BCUT2D eigenvalue weighted by Gasteiger charge is 2.21. The Hall–Kier alpha value is -1.02. The number of sulfonamides is 1. The zero-order valence-corrected chi connectivity index (χ0v) is 11.9. The molecule has 0 radical (unpaired) electrons. The van der Waals surface area contributed by atoms with E-state index in [4.69, 9.17) is 28.9 Å². The van der Waals surface area contributed by atoms with Crippen molar-refractivity contribution in [1.29, 1.82) is 0 Å². The summed E-state index contributed by atoms with van der Waals surface area (Å²) >= 11 is 12.5. The summed E-state index contributed by atoms with van der Waals surface area (Å²) in [5.74, 6) is 0. The van der Waals surface area contributed by atoms with Crippen LogP contribution in [0.2, 0.25) is 8.67 Å². The molecule has 0 aliphatic heterocycles. The van der Waals surface area contributed by atoms with Crippen molar-refractivity contribution in [3.05, 3.63) is 33.2 Å². The normalized spacial score (nSPS) is 11.4. The molecule has 0 unspecified atom stereocenters. The van der Waals surface area contributed by atoms with Crippen LogP contribution < -0.4 is 10.5 Å². The van der Waals surface area contributed by atoms with E-state index in [2.05, 4.69) is 9.71 Å². The fraction of sp³-hybridized carbons (Fsp3) is 0. The fourth-order valence-corrected chi connectivity index (χ4v) is 4.45. The van der Waals surface area contributed by atoms with Crippen molar-refractivity contribution in [2.75, 3.05) is 10.5 Å². The maximum atomic E-state index is 12.1. The lowest BCUT2D eigenvalue weighted by Crippen LogP contribution is -2.13. The topological polar surface area (TPSA) is 85.1 Å². The standard InChI is InChI=1S/C9H7Cl2N3O2S2/c10-8-3-7(9(11)17-8)18(15,16)14-6-1-2-13-4-5(6)12/h1-4H,12H2,(H,13,14). The monoisotopic (exact) mass is 323 g/mol. The van der Waals surface area contributed by atoms with Crippen molar-refractivity contribution >= 4 is 55.9 Å². The van der Waals surface area contributed by atoms with E-state index in [1.54, 1.807) is 0 Å². The number of thiophene rings is 1. The van der Waals surface area contributed by atoms with E-state index in [1.165, 1.54) is 24.5 Å². The van der Waals surface area contributed by atoms with Crippen LogP contribution in [0, 0.1) is 0 Å². The van der Waals surface area contributed by atoms with Crippen LogP contribution in [0.3, 0.4) is 0 Å². The highest BCUT2D eigenvalue weighted by atomic mass is 35.5. The highest BCUT2D eigenvalue weighted by molar-refractivity contribution is 7.93. The Bertz CT molecular complexity index is 685. The zero-order chi connectivity index (χ0) is 13.3. The summed E-state index contributed by atoms with van der Waals surface area (Å²) in [6.45, 7) is 0. The summed E-state index contributed by atoms with van der Waals surface area (Å²) in [7, 11) is -3.81. The Morgan fingerprint density at radius 2 is 2.11 bits per heavy atom. The number of anilines is 2. The molecule has 2 aromatic heterocycles. The van der Waals surface area contributed by atoms with E-state index in [9.17, 15) is 8.42 Å². The molecule has 0 bridgehead atoms. The van der Waals surface area contributed by atoms with Gasteiger partial charge in [-0.2, -0.15) is 0 Å². The number of rotatable bonds is 3. The summed E-state index contributed by atoms with van der Waals surface area (Å²) in [4.78, 5) is 3.69. The lowest BCUT2D eigenvalue weighted by molar-refractivity contribution is 0.601. The van der Waals surface area contributed by atoms with Gasteiger partial charge in [0.25, 0.3) is 10.0 Å². The van der Waals surface area contributed by atoms with E-state index in [0.717, 1.165) is 11.3 Å². The molecule has 0 saturated heterocycles. The minimum atomic E-state index is -3.81. The highest BCUT2D eigenvalue weighted by Crippen LogP contribution is 2.35. The number of hydrogen-bond acceptors (Lipinski definition) is 5. The maximum Gasteiger partial charge on any atom is 0.264 e.